The van der Waals surface area contributed by atoms with E-state index >= 15 is 0 Å². The highest BCUT2D eigenvalue weighted by Gasteiger charge is 2.29. The second-order valence-corrected chi connectivity index (χ2v) is 2.96. The zero-order valence-corrected chi connectivity index (χ0v) is 7.73. The van der Waals surface area contributed by atoms with Crippen molar-refractivity contribution in [2.24, 2.45) is 0 Å². The van der Waals surface area contributed by atoms with Crippen LogP contribution < -0.4 is 4.74 Å². The molecule has 0 radical (unpaired) electrons. The molecule has 0 amide bonds. The Morgan fingerprint density at radius 1 is 1.20 bits per heavy atom. The third-order valence-corrected chi connectivity index (χ3v) is 1.98. The van der Waals surface area contributed by atoms with E-state index in [1.807, 2.05) is 0 Å². The number of aliphatic hydroxyl groups is 1. The predicted molar refractivity (Wildman–Crippen MR) is 48.8 cm³/mol. The molecule has 5 heteroatoms. The highest BCUT2D eigenvalue weighted by molar-refractivity contribution is 6.14. The number of aliphatic hydroxyl groups excluding tert-OH is 1. The van der Waals surface area contributed by atoms with Crippen molar-refractivity contribution >= 4 is 11.9 Å². The van der Waals surface area contributed by atoms with Crippen LogP contribution in [0.25, 0.3) is 0 Å². The largest absolute Gasteiger partial charge is 0.491 e. The van der Waals surface area contributed by atoms with Crippen molar-refractivity contribution in [1.29, 1.82) is 0 Å². The number of ether oxygens (including phenoxy) is 2. The van der Waals surface area contributed by atoms with Gasteiger partial charge in [0, 0.05) is 0 Å². The van der Waals surface area contributed by atoms with Crippen molar-refractivity contribution in [2.45, 2.75) is 0 Å². The summed E-state index contributed by atoms with van der Waals surface area (Å²) in [5.41, 5.74) is 0.451. The highest BCUT2D eigenvalue weighted by Crippen LogP contribution is 2.24. The van der Waals surface area contributed by atoms with Crippen molar-refractivity contribution in [2.75, 3.05) is 13.2 Å². The summed E-state index contributed by atoms with van der Waals surface area (Å²) >= 11 is 0. The molecule has 0 aromatic heterocycles. The van der Waals surface area contributed by atoms with Crippen LogP contribution in [0.1, 0.15) is 20.7 Å². The fraction of sp³-hybridized carbons (Fsp3) is 0.200. The van der Waals surface area contributed by atoms with Gasteiger partial charge in [0.25, 0.3) is 0 Å². The first-order chi connectivity index (χ1) is 7.22. The van der Waals surface area contributed by atoms with E-state index in [1.165, 1.54) is 12.1 Å². The van der Waals surface area contributed by atoms with Crippen molar-refractivity contribution in [3.63, 3.8) is 0 Å². The number of fused-ring (bicyclic) bond motifs is 1. The van der Waals surface area contributed by atoms with Crippen LogP contribution >= 0.6 is 0 Å². The van der Waals surface area contributed by atoms with Gasteiger partial charge in [0.2, 0.25) is 0 Å². The lowest BCUT2D eigenvalue weighted by atomic mass is 10.1. The second-order valence-electron chi connectivity index (χ2n) is 2.96. The molecular formula is C10H8O5. The number of hydrogen-bond donors (Lipinski definition) is 1. The van der Waals surface area contributed by atoms with Gasteiger partial charge in [0.15, 0.2) is 0 Å². The Bertz CT molecular complexity index is 424. The molecule has 15 heavy (non-hydrogen) atoms. The fourth-order valence-electron chi connectivity index (χ4n) is 1.32. The molecule has 0 spiro atoms. The second kappa shape index (κ2) is 3.70. The quantitative estimate of drug-likeness (QED) is 0.573. The van der Waals surface area contributed by atoms with Crippen molar-refractivity contribution in [3.05, 3.63) is 29.3 Å². The minimum atomic E-state index is -0.663. The maximum Gasteiger partial charge on any atom is 0.347 e. The maximum atomic E-state index is 11.2. The van der Waals surface area contributed by atoms with Crippen molar-refractivity contribution < 1.29 is 24.2 Å². The number of carbonyl (C=O) groups is 2. The van der Waals surface area contributed by atoms with E-state index in [2.05, 4.69) is 4.74 Å². The van der Waals surface area contributed by atoms with Gasteiger partial charge in [-0.3, -0.25) is 0 Å². The molecule has 0 bridgehead atoms. The first-order valence-electron chi connectivity index (χ1n) is 4.36. The first kappa shape index (κ1) is 9.67. The molecule has 1 aromatic rings. The summed E-state index contributed by atoms with van der Waals surface area (Å²) in [5.74, 6) is -0.873. The van der Waals surface area contributed by atoms with Crippen LogP contribution in [0.3, 0.4) is 0 Å². The van der Waals surface area contributed by atoms with E-state index in [-0.39, 0.29) is 24.3 Å². The lowest BCUT2D eigenvalue weighted by Crippen LogP contribution is -2.02. The fourth-order valence-corrected chi connectivity index (χ4v) is 1.32. The zero-order chi connectivity index (χ0) is 10.8. The Labute approximate surface area is 85.2 Å². The molecule has 78 valence electrons. The van der Waals surface area contributed by atoms with E-state index in [9.17, 15) is 9.59 Å². The summed E-state index contributed by atoms with van der Waals surface area (Å²) in [5, 5.41) is 8.54. The molecule has 0 aliphatic carbocycles. The molecule has 1 N–H and O–H groups in total. The Kier molecular flexibility index (Phi) is 2.39. The van der Waals surface area contributed by atoms with E-state index < -0.39 is 11.9 Å². The summed E-state index contributed by atoms with van der Waals surface area (Å²) in [4.78, 5) is 22.2. The third kappa shape index (κ3) is 1.69. The smallest absolute Gasteiger partial charge is 0.347 e. The molecule has 0 saturated carbocycles. The molecule has 0 atom stereocenters. The summed E-state index contributed by atoms with van der Waals surface area (Å²) in [6.07, 6.45) is 0. The predicted octanol–water partition coefficient (Wildman–Crippen LogP) is 0.368. The molecular weight excluding hydrogens is 200 g/mol. The lowest BCUT2D eigenvalue weighted by Gasteiger charge is -2.03. The van der Waals surface area contributed by atoms with Crippen LogP contribution in [-0.4, -0.2) is 30.3 Å². The molecule has 0 unspecified atom stereocenters. The Balaban J connectivity index is 2.30. The van der Waals surface area contributed by atoms with Gasteiger partial charge in [-0.2, -0.15) is 0 Å². The average Bonchev–Trinajstić information content (AvgIpc) is 2.52. The number of rotatable bonds is 3. The van der Waals surface area contributed by atoms with Crippen molar-refractivity contribution in [1.82, 2.24) is 0 Å². The highest BCUT2D eigenvalue weighted by atomic mass is 16.6. The van der Waals surface area contributed by atoms with Crippen LogP contribution in [-0.2, 0) is 4.74 Å². The molecule has 0 saturated heterocycles. The Morgan fingerprint density at radius 3 is 2.67 bits per heavy atom. The van der Waals surface area contributed by atoms with Gasteiger partial charge < -0.3 is 14.6 Å². The molecule has 0 fully saturated rings. The van der Waals surface area contributed by atoms with Crippen LogP contribution in [0.15, 0.2) is 18.2 Å². The summed E-state index contributed by atoms with van der Waals surface area (Å²) in [7, 11) is 0. The van der Waals surface area contributed by atoms with Gasteiger partial charge in [0.05, 0.1) is 17.7 Å². The van der Waals surface area contributed by atoms with Gasteiger partial charge in [0.1, 0.15) is 12.4 Å². The number of esters is 2. The minimum Gasteiger partial charge on any atom is -0.491 e. The minimum absolute atomic E-state index is 0.111. The summed E-state index contributed by atoms with van der Waals surface area (Å²) in [6.45, 7) is 0.0300. The Morgan fingerprint density at radius 2 is 1.93 bits per heavy atom. The van der Waals surface area contributed by atoms with Crippen LogP contribution in [0.2, 0.25) is 0 Å². The van der Waals surface area contributed by atoms with E-state index in [1.54, 1.807) is 6.07 Å². The summed E-state index contributed by atoms with van der Waals surface area (Å²) < 4.78 is 9.50. The standard InChI is InChI=1S/C10H8O5/c11-3-4-14-6-1-2-7-8(5-6)10(13)15-9(7)12/h1-2,5,11H,3-4H2. The van der Waals surface area contributed by atoms with Gasteiger partial charge in [-0.15, -0.1) is 0 Å². The number of cyclic esters (lactones) is 2. The molecule has 1 heterocycles. The zero-order valence-electron chi connectivity index (χ0n) is 7.73. The van der Waals surface area contributed by atoms with Crippen LogP contribution in [0.5, 0.6) is 5.75 Å². The molecule has 2 rings (SSSR count). The van der Waals surface area contributed by atoms with Gasteiger partial charge in [-0.1, -0.05) is 0 Å². The van der Waals surface area contributed by atoms with E-state index in [0.29, 0.717) is 5.75 Å². The summed E-state index contributed by atoms with van der Waals surface area (Å²) in [6, 6.07) is 4.45. The molecule has 1 aliphatic rings. The van der Waals surface area contributed by atoms with Gasteiger partial charge in [-0.05, 0) is 18.2 Å². The van der Waals surface area contributed by atoms with Crippen LogP contribution in [0.4, 0.5) is 0 Å². The lowest BCUT2D eigenvalue weighted by molar-refractivity contribution is 0.0443. The van der Waals surface area contributed by atoms with E-state index in [0.717, 1.165) is 0 Å². The first-order valence-corrected chi connectivity index (χ1v) is 4.36. The maximum absolute atomic E-state index is 11.2. The monoisotopic (exact) mass is 208 g/mol. The third-order valence-electron chi connectivity index (χ3n) is 1.98. The van der Waals surface area contributed by atoms with Gasteiger partial charge >= 0.3 is 11.9 Å². The molecule has 1 aliphatic heterocycles. The molecule has 1 aromatic carbocycles. The molecule has 5 nitrogen and oxygen atoms in total. The average molecular weight is 208 g/mol. The van der Waals surface area contributed by atoms with Crippen molar-refractivity contribution in [3.8, 4) is 5.75 Å². The number of carbonyl (C=O) groups excluding carboxylic acids is 2. The Hall–Kier alpha value is -1.88. The SMILES string of the molecule is O=C1OC(=O)c2cc(OCCO)ccc21. The number of hydrogen-bond acceptors (Lipinski definition) is 5. The topological polar surface area (TPSA) is 72.8 Å². The number of benzene rings is 1. The van der Waals surface area contributed by atoms with Gasteiger partial charge in [-0.25, -0.2) is 9.59 Å². The van der Waals surface area contributed by atoms with Crippen LogP contribution in [0, 0.1) is 0 Å². The van der Waals surface area contributed by atoms with E-state index in [4.69, 9.17) is 9.84 Å². The normalized spacial score (nSPS) is 13.7.